The number of nitrogens with one attached hydrogen (secondary N) is 2. The molecule has 130 valence electrons. The highest BCUT2D eigenvalue weighted by molar-refractivity contribution is 7.86. The average Bonchev–Trinajstić information content (AvgIpc) is 2.43. The van der Waals surface area contributed by atoms with E-state index in [1.54, 1.807) is 6.92 Å². The van der Waals surface area contributed by atoms with E-state index in [2.05, 4.69) is 10.6 Å². The Morgan fingerprint density at radius 3 is 2.48 bits per heavy atom. The molecule has 0 aliphatic rings. The Kier molecular flexibility index (Phi) is 7.12. The third-order valence-corrected chi connectivity index (χ3v) is 5.26. The lowest BCUT2D eigenvalue weighted by molar-refractivity contribution is 0.241. The van der Waals surface area contributed by atoms with Gasteiger partial charge in [-0.2, -0.15) is 0 Å². The fraction of sp³-hybridized carbons (Fsp3) is 0.562. The quantitative estimate of drug-likeness (QED) is 0.832. The molecule has 2 N–H and O–H groups in total. The van der Waals surface area contributed by atoms with E-state index in [4.69, 9.17) is 0 Å². The highest BCUT2D eigenvalue weighted by atomic mass is 32.2. The van der Waals surface area contributed by atoms with Gasteiger partial charge in [-0.25, -0.2) is 13.6 Å². The van der Waals surface area contributed by atoms with Crippen LogP contribution in [0.15, 0.2) is 18.2 Å². The van der Waals surface area contributed by atoms with Crippen LogP contribution >= 0.6 is 0 Å². The molecular weight excluding hydrogens is 322 g/mol. The van der Waals surface area contributed by atoms with Crippen LogP contribution in [0.5, 0.6) is 0 Å². The molecule has 0 heterocycles. The summed E-state index contributed by atoms with van der Waals surface area (Å²) in [7, 11) is -1.03. The third kappa shape index (κ3) is 6.64. The number of halogens is 2. The van der Waals surface area contributed by atoms with Gasteiger partial charge in [0.15, 0.2) is 0 Å². The SMILES string of the molecule is C[C@@H](CNC(=O)NCC[S@@](=O)C(C)(C)C)c1ccc(F)cc1F. The molecule has 0 fully saturated rings. The maximum Gasteiger partial charge on any atom is 0.314 e. The largest absolute Gasteiger partial charge is 0.338 e. The fourth-order valence-electron chi connectivity index (χ4n) is 1.88. The summed E-state index contributed by atoms with van der Waals surface area (Å²) < 4.78 is 38.0. The Morgan fingerprint density at radius 2 is 1.91 bits per heavy atom. The van der Waals surface area contributed by atoms with Gasteiger partial charge in [0.1, 0.15) is 11.6 Å². The predicted octanol–water partition coefficient (Wildman–Crippen LogP) is 2.91. The minimum Gasteiger partial charge on any atom is -0.338 e. The number of rotatable bonds is 6. The van der Waals surface area contributed by atoms with E-state index < -0.39 is 28.5 Å². The summed E-state index contributed by atoms with van der Waals surface area (Å²) in [5.41, 5.74) is 0.348. The highest BCUT2D eigenvalue weighted by Gasteiger charge is 2.19. The summed E-state index contributed by atoms with van der Waals surface area (Å²) in [4.78, 5) is 11.7. The topological polar surface area (TPSA) is 58.2 Å². The van der Waals surface area contributed by atoms with E-state index in [1.165, 1.54) is 12.1 Å². The van der Waals surface area contributed by atoms with Crippen molar-refractivity contribution in [2.75, 3.05) is 18.8 Å². The molecule has 0 bridgehead atoms. The van der Waals surface area contributed by atoms with E-state index in [0.717, 1.165) is 6.07 Å². The van der Waals surface area contributed by atoms with Gasteiger partial charge in [-0.15, -0.1) is 0 Å². The summed E-state index contributed by atoms with van der Waals surface area (Å²) in [5.74, 6) is -1.17. The normalized spacial score (nSPS) is 14.2. The van der Waals surface area contributed by atoms with Gasteiger partial charge in [-0.1, -0.05) is 13.0 Å². The van der Waals surface area contributed by atoms with Crippen molar-refractivity contribution in [2.45, 2.75) is 38.4 Å². The molecule has 0 saturated carbocycles. The summed E-state index contributed by atoms with van der Waals surface area (Å²) in [6.45, 7) is 7.89. The van der Waals surface area contributed by atoms with Crippen molar-refractivity contribution >= 4 is 16.8 Å². The maximum absolute atomic E-state index is 13.6. The molecule has 0 saturated heterocycles. The maximum atomic E-state index is 13.6. The molecule has 1 rings (SSSR count). The van der Waals surface area contributed by atoms with E-state index >= 15 is 0 Å². The highest BCUT2D eigenvalue weighted by Crippen LogP contribution is 2.19. The van der Waals surface area contributed by atoms with Gasteiger partial charge in [0.05, 0.1) is 0 Å². The van der Waals surface area contributed by atoms with Crippen molar-refractivity contribution < 1.29 is 17.8 Å². The van der Waals surface area contributed by atoms with Crippen molar-refractivity contribution in [1.82, 2.24) is 10.6 Å². The molecule has 0 aliphatic carbocycles. The zero-order valence-electron chi connectivity index (χ0n) is 13.9. The van der Waals surface area contributed by atoms with E-state index in [0.29, 0.717) is 17.9 Å². The molecule has 1 aromatic rings. The number of benzene rings is 1. The van der Waals surface area contributed by atoms with E-state index in [1.807, 2.05) is 20.8 Å². The molecular formula is C16H24F2N2O2S. The molecule has 23 heavy (non-hydrogen) atoms. The second-order valence-corrected chi connectivity index (χ2v) is 8.69. The minimum atomic E-state index is -1.03. The van der Waals surface area contributed by atoms with E-state index in [9.17, 15) is 17.8 Å². The fourth-order valence-corrected chi connectivity index (χ4v) is 2.78. The Morgan fingerprint density at radius 1 is 1.26 bits per heavy atom. The first-order valence-electron chi connectivity index (χ1n) is 7.46. The smallest absolute Gasteiger partial charge is 0.314 e. The van der Waals surface area contributed by atoms with Crippen LogP contribution in [0.2, 0.25) is 0 Å². The molecule has 7 heteroatoms. The monoisotopic (exact) mass is 346 g/mol. The molecule has 4 nitrogen and oxygen atoms in total. The first-order valence-corrected chi connectivity index (χ1v) is 8.78. The molecule has 0 unspecified atom stereocenters. The average molecular weight is 346 g/mol. The Balaban J connectivity index is 2.37. The lowest BCUT2D eigenvalue weighted by Gasteiger charge is -2.18. The first kappa shape index (κ1) is 19.5. The molecule has 0 spiro atoms. The number of hydrogen-bond acceptors (Lipinski definition) is 2. The van der Waals surface area contributed by atoms with Gasteiger partial charge in [0.25, 0.3) is 0 Å². The predicted molar refractivity (Wildman–Crippen MR) is 88.9 cm³/mol. The molecule has 0 radical (unpaired) electrons. The van der Waals surface area contributed by atoms with Gasteiger partial charge in [-0.3, -0.25) is 4.21 Å². The van der Waals surface area contributed by atoms with Gasteiger partial charge in [0.2, 0.25) is 0 Å². The summed E-state index contributed by atoms with van der Waals surface area (Å²) in [5, 5.41) is 5.25. The van der Waals surface area contributed by atoms with Crippen LogP contribution in [0.1, 0.15) is 39.2 Å². The number of carbonyl (C=O) groups is 1. The van der Waals surface area contributed by atoms with Crippen molar-refractivity contribution in [3.8, 4) is 0 Å². The first-order chi connectivity index (χ1) is 10.6. The van der Waals surface area contributed by atoms with Crippen LogP contribution in [-0.2, 0) is 10.8 Å². The summed E-state index contributed by atoms with van der Waals surface area (Å²) in [6.07, 6.45) is 0. The standard InChI is InChI=1S/C16H24F2N2O2S/c1-11(13-6-5-12(17)9-14(13)18)10-20-15(21)19-7-8-23(22)16(2,3)4/h5-6,9,11H,7-8,10H2,1-4H3,(H2,19,20,21)/t11-,23+/m0/s1. The minimum absolute atomic E-state index is 0.219. The van der Waals surface area contributed by atoms with Crippen LogP contribution < -0.4 is 10.6 Å². The van der Waals surface area contributed by atoms with Gasteiger partial charge in [0, 0.05) is 46.4 Å². The van der Waals surface area contributed by atoms with Crippen LogP contribution in [0, 0.1) is 11.6 Å². The van der Waals surface area contributed by atoms with Crippen LogP contribution in [0.25, 0.3) is 0 Å². The van der Waals surface area contributed by atoms with Crippen LogP contribution in [-0.4, -0.2) is 33.8 Å². The zero-order chi connectivity index (χ0) is 17.6. The van der Waals surface area contributed by atoms with Crippen LogP contribution in [0.3, 0.4) is 0 Å². The zero-order valence-corrected chi connectivity index (χ0v) is 14.7. The molecule has 2 amide bonds. The Labute approximate surface area is 138 Å². The molecule has 1 aromatic carbocycles. The molecule has 0 aliphatic heterocycles. The molecule has 0 aromatic heterocycles. The Bertz CT molecular complexity index is 574. The van der Waals surface area contributed by atoms with Crippen molar-refractivity contribution in [3.05, 3.63) is 35.4 Å². The second kappa shape index (κ2) is 8.38. The van der Waals surface area contributed by atoms with Gasteiger partial charge < -0.3 is 10.6 Å². The number of urea groups is 1. The summed E-state index contributed by atoms with van der Waals surface area (Å²) in [6, 6.07) is 3.00. The van der Waals surface area contributed by atoms with Crippen LogP contribution in [0.4, 0.5) is 13.6 Å². The lowest BCUT2D eigenvalue weighted by atomic mass is 10.0. The van der Waals surface area contributed by atoms with E-state index in [-0.39, 0.29) is 17.2 Å². The van der Waals surface area contributed by atoms with Crippen molar-refractivity contribution in [1.29, 1.82) is 0 Å². The summed E-state index contributed by atoms with van der Waals surface area (Å²) >= 11 is 0. The number of amides is 2. The second-order valence-electron chi connectivity index (χ2n) is 6.37. The number of hydrogen-bond donors (Lipinski definition) is 2. The van der Waals surface area contributed by atoms with Crippen molar-refractivity contribution in [2.24, 2.45) is 0 Å². The Hall–Kier alpha value is -1.50. The van der Waals surface area contributed by atoms with Gasteiger partial charge in [-0.05, 0) is 32.4 Å². The lowest BCUT2D eigenvalue weighted by Crippen LogP contribution is -2.40. The van der Waals surface area contributed by atoms with Crippen molar-refractivity contribution in [3.63, 3.8) is 0 Å². The van der Waals surface area contributed by atoms with Gasteiger partial charge >= 0.3 is 6.03 Å². The number of carbonyl (C=O) groups excluding carboxylic acids is 1. The molecule has 2 atom stereocenters. The third-order valence-electron chi connectivity index (χ3n) is 3.32.